The summed E-state index contributed by atoms with van der Waals surface area (Å²) in [4.78, 5) is 6.58. The van der Waals surface area contributed by atoms with E-state index >= 15 is 0 Å². The Morgan fingerprint density at radius 3 is 2.79 bits per heavy atom. The highest BCUT2D eigenvalue weighted by molar-refractivity contribution is 5.34. The van der Waals surface area contributed by atoms with Crippen LogP contribution in [0.15, 0.2) is 43.0 Å². The minimum Gasteiger partial charge on any atom is -0.316 e. The van der Waals surface area contributed by atoms with E-state index in [0.717, 1.165) is 18.8 Å². The van der Waals surface area contributed by atoms with Crippen LogP contribution < -0.4 is 5.32 Å². The summed E-state index contributed by atoms with van der Waals surface area (Å²) in [6.45, 7) is 3.39. The normalized spacial score (nSPS) is 19.9. The first kappa shape index (κ1) is 12.4. The number of likely N-dealkylation sites (N-methyl/N-ethyl adjacent to an activating group) is 1. The first-order valence-corrected chi connectivity index (χ1v) is 6.82. The van der Waals surface area contributed by atoms with E-state index in [4.69, 9.17) is 0 Å². The molecule has 1 atom stereocenters. The van der Waals surface area contributed by atoms with Gasteiger partial charge in [-0.15, -0.1) is 0 Å². The van der Waals surface area contributed by atoms with Crippen molar-refractivity contribution in [2.75, 3.05) is 20.1 Å². The molecule has 1 saturated heterocycles. The van der Waals surface area contributed by atoms with Gasteiger partial charge in [-0.2, -0.15) is 0 Å². The van der Waals surface area contributed by atoms with Gasteiger partial charge in [0.2, 0.25) is 0 Å². The highest BCUT2D eigenvalue weighted by Crippen LogP contribution is 2.15. The van der Waals surface area contributed by atoms with Crippen LogP contribution >= 0.6 is 0 Å². The SMILES string of the molecule is CNC1CCN(Cc2ccc(-n3ccnc3)cc2)C1. The maximum atomic E-state index is 4.07. The summed E-state index contributed by atoms with van der Waals surface area (Å²) in [7, 11) is 2.05. The van der Waals surface area contributed by atoms with Gasteiger partial charge < -0.3 is 9.88 Å². The molecular weight excluding hydrogens is 236 g/mol. The molecule has 0 spiro atoms. The van der Waals surface area contributed by atoms with Crippen molar-refractivity contribution in [1.29, 1.82) is 0 Å². The lowest BCUT2D eigenvalue weighted by Gasteiger charge is -2.16. The van der Waals surface area contributed by atoms with Crippen molar-refractivity contribution in [3.8, 4) is 5.69 Å². The van der Waals surface area contributed by atoms with Crippen LogP contribution in [0.3, 0.4) is 0 Å². The van der Waals surface area contributed by atoms with Crippen molar-refractivity contribution < 1.29 is 0 Å². The van der Waals surface area contributed by atoms with Crippen LogP contribution in [0.5, 0.6) is 0 Å². The zero-order chi connectivity index (χ0) is 13.1. The van der Waals surface area contributed by atoms with Gasteiger partial charge in [0, 0.05) is 43.8 Å². The predicted octanol–water partition coefficient (Wildman–Crippen LogP) is 1.67. The van der Waals surface area contributed by atoms with E-state index in [9.17, 15) is 0 Å². The van der Waals surface area contributed by atoms with Crippen molar-refractivity contribution >= 4 is 0 Å². The van der Waals surface area contributed by atoms with Crippen LogP contribution in [0, 0.1) is 0 Å². The second kappa shape index (κ2) is 5.55. The number of nitrogens with one attached hydrogen (secondary N) is 1. The van der Waals surface area contributed by atoms with E-state index in [2.05, 4.69) is 39.5 Å². The van der Waals surface area contributed by atoms with E-state index in [-0.39, 0.29) is 0 Å². The fraction of sp³-hybridized carbons (Fsp3) is 0.400. The third-order valence-corrected chi connectivity index (χ3v) is 3.83. The molecule has 0 saturated carbocycles. The zero-order valence-electron chi connectivity index (χ0n) is 11.3. The summed E-state index contributed by atoms with van der Waals surface area (Å²) in [6.07, 6.45) is 6.85. The maximum Gasteiger partial charge on any atom is 0.0991 e. The van der Waals surface area contributed by atoms with Gasteiger partial charge in [0.25, 0.3) is 0 Å². The van der Waals surface area contributed by atoms with Gasteiger partial charge in [-0.3, -0.25) is 4.90 Å². The molecular formula is C15H20N4. The number of nitrogens with zero attached hydrogens (tertiary/aromatic N) is 3. The second-order valence-electron chi connectivity index (χ2n) is 5.15. The molecule has 3 rings (SSSR count). The molecule has 1 aliphatic heterocycles. The summed E-state index contributed by atoms with van der Waals surface area (Å²) < 4.78 is 2.02. The molecule has 4 heteroatoms. The smallest absolute Gasteiger partial charge is 0.0991 e. The Kier molecular flexibility index (Phi) is 3.62. The Morgan fingerprint density at radius 1 is 1.32 bits per heavy atom. The Hall–Kier alpha value is -1.65. The highest BCUT2D eigenvalue weighted by atomic mass is 15.2. The lowest BCUT2D eigenvalue weighted by Crippen LogP contribution is -2.29. The second-order valence-corrected chi connectivity index (χ2v) is 5.15. The van der Waals surface area contributed by atoms with Gasteiger partial charge in [0.1, 0.15) is 0 Å². The van der Waals surface area contributed by atoms with E-state index in [0.29, 0.717) is 6.04 Å². The van der Waals surface area contributed by atoms with Crippen LogP contribution in [-0.2, 0) is 6.54 Å². The monoisotopic (exact) mass is 256 g/mol. The van der Waals surface area contributed by atoms with Gasteiger partial charge in [0.15, 0.2) is 0 Å². The molecule has 1 aliphatic rings. The predicted molar refractivity (Wildman–Crippen MR) is 76.3 cm³/mol. The molecule has 2 aromatic rings. The van der Waals surface area contributed by atoms with Gasteiger partial charge in [0.05, 0.1) is 6.33 Å². The quantitative estimate of drug-likeness (QED) is 0.903. The summed E-state index contributed by atoms with van der Waals surface area (Å²) in [6, 6.07) is 9.39. The molecule has 1 N–H and O–H groups in total. The Labute approximate surface area is 114 Å². The molecule has 1 aromatic heterocycles. The van der Waals surface area contributed by atoms with Crippen LogP contribution in [0.4, 0.5) is 0 Å². The summed E-state index contributed by atoms with van der Waals surface area (Å²) >= 11 is 0. The van der Waals surface area contributed by atoms with Gasteiger partial charge in [-0.05, 0) is 31.2 Å². The molecule has 0 aliphatic carbocycles. The van der Waals surface area contributed by atoms with Crippen LogP contribution in [0.25, 0.3) is 5.69 Å². The van der Waals surface area contributed by atoms with Gasteiger partial charge >= 0.3 is 0 Å². The largest absolute Gasteiger partial charge is 0.316 e. The summed E-state index contributed by atoms with van der Waals surface area (Å²) in [5, 5.41) is 3.36. The molecule has 100 valence electrons. The van der Waals surface area contributed by atoms with E-state index in [1.54, 1.807) is 6.20 Å². The molecule has 4 nitrogen and oxygen atoms in total. The van der Waals surface area contributed by atoms with Gasteiger partial charge in [-0.25, -0.2) is 4.98 Å². The lowest BCUT2D eigenvalue weighted by atomic mass is 10.2. The van der Waals surface area contributed by atoms with Crippen molar-refractivity contribution in [1.82, 2.24) is 19.8 Å². The summed E-state index contributed by atoms with van der Waals surface area (Å²) in [5.74, 6) is 0. The van der Waals surface area contributed by atoms with Crippen molar-refractivity contribution in [3.05, 3.63) is 48.5 Å². The summed E-state index contributed by atoms with van der Waals surface area (Å²) in [5.41, 5.74) is 2.54. The number of hydrogen-bond acceptors (Lipinski definition) is 3. The molecule has 0 amide bonds. The van der Waals surface area contributed by atoms with Gasteiger partial charge in [-0.1, -0.05) is 12.1 Å². The molecule has 1 fully saturated rings. The molecule has 0 bridgehead atoms. The Morgan fingerprint density at radius 2 is 2.16 bits per heavy atom. The lowest BCUT2D eigenvalue weighted by molar-refractivity contribution is 0.322. The van der Waals surface area contributed by atoms with Crippen molar-refractivity contribution in [2.45, 2.75) is 19.0 Å². The average Bonchev–Trinajstić information content (AvgIpc) is 3.10. The standard InChI is InChI=1S/C15H20N4/c1-16-14-6-8-18(11-14)10-13-2-4-15(5-3-13)19-9-7-17-12-19/h2-5,7,9,12,14,16H,6,8,10-11H2,1H3. The van der Waals surface area contributed by atoms with E-state index < -0.39 is 0 Å². The Bertz CT molecular complexity index is 503. The van der Waals surface area contributed by atoms with Crippen molar-refractivity contribution in [2.24, 2.45) is 0 Å². The number of imidazole rings is 1. The number of aromatic nitrogens is 2. The third kappa shape index (κ3) is 2.85. The molecule has 2 heterocycles. The van der Waals surface area contributed by atoms with Crippen LogP contribution in [0.1, 0.15) is 12.0 Å². The number of rotatable bonds is 4. The molecule has 0 radical (unpaired) electrons. The molecule has 1 aromatic carbocycles. The average molecular weight is 256 g/mol. The number of benzene rings is 1. The topological polar surface area (TPSA) is 33.1 Å². The van der Waals surface area contributed by atoms with E-state index in [1.165, 1.54) is 18.5 Å². The fourth-order valence-corrected chi connectivity index (χ4v) is 2.66. The highest BCUT2D eigenvalue weighted by Gasteiger charge is 2.20. The van der Waals surface area contributed by atoms with Crippen LogP contribution in [0.2, 0.25) is 0 Å². The molecule has 19 heavy (non-hydrogen) atoms. The van der Waals surface area contributed by atoms with E-state index in [1.807, 2.05) is 24.1 Å². The van der Waals surface area contributed by atoms with Crippen LogP contribution in [-0.4, -0.2) is 40.6 Å². The maximum absolute atomic E-state index is 4.07. The minimum absolute atomic E-state index is 0.658. The molecule has 1 unspecified atom stereocenters. The zero-order valence-corrected chi connectivity index (χ0v) is 11.3. The first-order valence-electron chi connectivity index (χ1n) is 6.82. The minimum atomic E-state index is 0.658. The number of hydrogen-bond donors (Lipinski definition) is 1. The van der Waals surface area contributed by atoms with Crippen molar-refractivity contribution in [3.63, 3.8) is 0 Å². The third-order valence-electron chi connectivity index (χ3n) is 3.83. The Balaban J connectivity index is 1.63. The number of likely N-dealkylation sites (tertiary alicyclic amines) is 1. The fourth-order valence-electron chi connectivity index (χ4n) is 2.66. The first-order chi connectivity index (χ1) is 9.35.